The number of hydrogen-bond acceptors (Lipinski definition) is 5. The highest BCUT2D eigenvalue weighted by atomic mass is 32.2. The van der Waals surface area contributed by atoms with Gasteiger partial charge in [0.2, 0.25) is 10.0 Å². The van der Waals surface area contributed by atoms with E-state index in [2.05, 4.69) is 4.98 Å². The van der Waals surface area contributed by atoms with Gasteiger partial charge in [-0.15, -0.1) is 0 Å². The molecule has 7 heteroatoms. The molecule has 0 radical (unpaired) electrons. The summed E-state index contributed by atoms with van der Waals surface area (Å²) in [6.07, 6.45) is 2.72. The van der Waals surface area contributed by atoms with Crippen molar-refractivity contribution in [3.63, 3.8) is 0 Å². The Morgan fingerprint density at radius 1 is 1.35 bits per heavy atom. The molecular weight excluding hydrogens is 278 g/mol. The summed E-state index contributed by atoms with van der Waals surface area (Å²) in [6, 6.07) is 3.00. The first kappa shape index (κ1) is 17.0. The molecule has 0 amide bonds. The fourth-order valence-electron chi connectivity index (χ4n) is 2.11. The number of aliphatic hydroxyl groups is 1. The summed E-state index contributed by atoms with van der Waals surface area (Å²) < 4.78 is 26.6. The Hall–Kier alpha value is -1.02. The van der Waals surface area contributed by atoms with Crippen LogP contribution in [-0.4, -0.2) is 42.0 Å². The third-order valence-electron chi connectivity index (χ3n) is 3.28. The van der Waals surface area contributed by atoms with E-state index < -0.39 is 10.0 Å². The van der Waals surface area contributed by atoms with Crippen LogP contribution < -0.4 is 5.73 Å². The first-order chi connectivity index (χ1) is 9.51. The number of pyridine rings is 1. The molecule has 0 aliphatic carbocycles. The molecule has 6 nitrogen and oxygen atoms in total. The SMILES string of the molecule is CCC(CC)N(CCO)S(=O)(=O)c1ccc(CN)nc1. The molecule has 3 N–H and O–H groups in total. The summed E-state index contributed by atoms with van der Waals surface area (Å²) in [4.78, 5) is 4.16. The Bertz CT molecular complexity index is 498. The van der Waals surface area contributed by atoms with Crippen LogP contribution in [0.2, 0.25) is 0 Å². The van der Waals surface area contributed by atoms with E-state index in [1.54, 1.807) is 6.07 Å². The first-order valence-electron chi connectivity index (χ1n) is 6.78. The fraction of sp³-hybridized carbons (Fsp3) is 0.615. The van der Waals surface area contributed by atoms with Crippen LogP contribution >= 0.6 is 0 Å². The standard InChI is InChI=1S/C13H23N3O3S/c1-3-12(4-2)16(7-8-17)20(18,19)13-6-5-11(9-14)15-10-13/h5-6,10,12,17H,3-4,7-9,14H2,1-2H3. The molecule has 114 valence electrons. The number of rotatable bonds is 8. The number of aromatic nitrogens is 1. The lowest BCUT2D eigenvalue weighted by Gasteiger charge is -2.28. The van der Waals surface area contributed by atoms with Gasteiger partial charge in [0.25, 0.3) is 0 Å². The molecule has 1 heterocycles. The van der Waals surface area contributed by atoms with Crippen molar-refractivity contribution in [2.24, 2.45) is 5.73 Å². The molecule has 20 heavy (non-hydrogen) atoms. The number of sulfonamides is 1. The predicted molar refractivity (Wildman–Crippen MR) is 77.5 cm³/mol. The molecule has 1 aromatic heterocycles. The molecule has 0 fully saturated rings. The number of nitrogens with zero attached hydrogens (tertiary/aromatic N) is 2. The van der Waals surface area contributed by atoms with Gasteiger partial charge in [0, 0.05) is 25.3 Å². The van der Waals surface area contributed by atoms with Crippen molar-refractivity contribution in [1.82, 2.24) is 9.29 Å². The smallest absolute Gasteiger partial charge is 0.244 e. The van der Waals surface area contributed by atoms with Crippen molar-refractivity contribution in [2.45, 2.75) is 44.2 Å². The van der Waals surface area contributed by atoms with Crippen molar-refractivity contribution in [1.29, 1.82) is 0 Å². The highest BCUT2D eigenvalue weighted by molar-refractivity contribution is 7.89. The van der Waals surface area contributed by atoms with Crippen LogP contribution in [0.3, 0.4) is 0 Å². The van der Waals surface area contributed by atoms with E-state index in [1.807, 2.05) is 13.8 Å². The second-order valence-electron chi connectivity index (χ2n) is 4.50. The molecule has 1 aromatic rings. The Balaban J connectivity index is 3.14. The van der Waals surface area contributed by atoms with E-state index in [1.165, 1.54) is 16.6 Å². The van der Waals surface area contributed by atoms with Gasteiger partial charge in [-0.05, 0) is 25.0 Å². The van der Waals surface area contributed by atoms with Crippen molar-refractivity contribution in [3.8, 4) is 0 Å². The maximum absolute atomic E-state index is 12.6. The van der Waals surface area contributed by atoms with Gasteiger partial charge in [0.15, 0.2) is 0 Å². The molecule has 0 aliphatic heterocycles. The molecule has 0 saturated heterocycles. The molecule has 0 atom stereocenters. The summed E-state index contributed by atoms with van der Waals surface area (Å²) in [6.45, 7) is 4.03. The molecular formula is C13H23N3O3S. The largest absolute Gasteiger partial charge is 0.395 e. The minimum absolute atomic E-state index is 0.0906. The predicted octanol–water partition coefficient (Wildman–Crippen LogP) is 0.712. The Morgan fingerprint density at radius 2 is 2.00 bits per heavy atom. The molecule has 0 aliphatic rings. The quantitative estimate of drug-likeness (QED) is 0.737. The summed E-state index contributed by atoms with van der Waals surface area (Å²) in [5.41, 5.74) is 6.09. The topological polar surface area (TPSA) is 96.5 Å². The van der Waals surface area contributed by atoms with Crippen LogP contribution in [-0.2, 0) is 16.6 Å². The number of aliphatic hydroxyl groups excluding tert-OH is 1. The van der Waals surface area contributed by atoms with Crippen molar-refractivity contribution in [2.75, 3.05) is 13.2 Å². The van der Waals surface area contributed by atoms with Gasteiger partial charge >= 0.3 is 0 Å². The molecule has 0 aromatic carbocycles. The maximum atomic E-state index is 12.6. The number of nitrogens with two attached hydrogens (primary N) is 1. The summed E-state index contributed by atoms with van der Waals surface area (Å²) in [7, 11) is -3.64. The average molecular weight is 301 g/mol. The average Bonchev–Trinajstić information content (AvgIpc) is 2.47. The maximum Gasteiger partial charge on any atom is 0.244 e. The molecule has 0 saturated carbocycles. The minimum atomic E-state index is -3.64. The monoisotopic (exact) mass is 301 g/mol. The van der Waals surface area contributed by atoms with E-state index in [-0.39, 0.29) is 30.6 Å². The number of hydrogen-bond donors (Lipinski definition) is 2. The Morgan fingerprint density at radius 3 is 2.40 bits per heavy atom. The lowest BCUT2D eigenvalue weighted by molar-refractivity contribution is 0.219. The van der Waals surface area contributed by atoms with Gasteiger partial charge in [0.05, 0.1) is 12.3 Å². The first-order valence-corrected chi connectivity index (χ1v) is 8.22. The normalized spacial score (nSPS) is 12.3. The third-order valence-corrected chi connectivity index (χ3v) is 5.22. The van der Waals surface area contributed by atoms with Gasteiger partial charge in [-0.2, -0.15) is 4.31 Å². The second-order valence-corrected chi connectivity index (χ2v) is 6.39. The van der Waals surface area contributed by atoms with Crippen LogP contribution in [0.5, 0.6) is 0 Å². The van der Waals surface area contributed by atoms with E-state index in [0.717, 1.165) is 0 Å². The van der Waals surface area contributed by atoms with Crippen molar-refractivity contribution >= 4 is 10.0 Å². The van der Waals surface area contributed by atoms with Crippen molar-refractivity contribution < 1.29 is 13.5 Å². The lowest BCUT2D eigenvalue weighted by atomic mass is 10.2. The lowest BCUT2D eigenvalue weighted by Crippen LogP contribution is -2.41. The van der Waals surface area contributed by atoms with E-state index in [0.29, 0.717) is 18.5 Å². The van der Waals surface area contributed by atoms with Gasteiger partial charge in [-0.25, -0.2) is 8.42 Å². The highest BCUT2D eigenvalue weighted by Crippen LogP contribution is 2.20. The van der Waals surface area contributed by atoms with Gasteiger partial charge < -0.3 is 10.8 Å². The van der Waals surface area contributed by atoms with Crippen LogP contribution in [0.15, 0.2) is 23.2 Å². The highest BCUT2D eigenvalue weighted by Gasteiger charge is 2.29. The zero-order chi connectivity index (χ0) is 15.2. The van der Waals surface area contributed by atoms with Crippen LogP contribution in [0.4, 0.5) is 0 Å². The Labute approximate surface area is 120 Å². The summed E-state index contributed by atoms with van der Waals surface area (Å²) >= 11 is 0. The van der Waals surface area contributed by atoms with Gasteiger partial charge in [-0.3, -0.25) is 4.98 Å². The zero-order valence-electron chi connectivity index (χ0n) is 12.0. The Kier molecular flexibility index (Phi) is 6.54. The molecule has 0 spiro atoms. The summed E-state index contributed by atoms with van der Waals surface area (Å²) in [5, 5.41) is 9.13. The molecule has 0 bridgehead atoms. The van der Waals surface area contributed by atoms with E-state index in [4.69, 9.17) is 10.8 Å². The van der Waals surface area contributed by atoms with E-state index in [9.17, 15) is 8.42 Å². The molecule has 0 unspecified atom stereocenters. The molecule has 1 rings (SSSR count). The van der Waals surface area contributed by atoms with Crippen LogP contribution in [0, 0.1) is 0 Å². The van der Waals surface area contributed by atoms with Gasteiger partial charge in [0.1, 0.15) is 4.90 Å². The van der Waals surface area contributed by atoms with Crippen LogP contribution in [0.1, 0.15) is 32.4 Å². The fourth-order valence-corrected chi connectivity index (χ4v) is 3.82. The van der Waals surface area contributed by atoms with E-state index >= 15 is 0 Å². The zero-order valence-corrected chi connectivity index (χ0v) is 12.8. The van der Waals surface area contributed by atoms with Crippen LogP contribution in [0.25, 0.3) is 0 Å². The summed E-state index contributed by atoms with van der Waals surface area (Å²) in [5.74, 6) is 0. The van der Waals surface area contributed by atoms with Gasteiger partial charge in [-0.1, -0.05) is 13.8 Å². The third kappa shape index (κ3) is 3.76. The minimum Gasteiger partial charge on any atom is -0.395 e. The van der Waals surface area contributed by atoms with Crippen molar-refractivity contribution in [3.05, 3.63) is 24.0 Å². The second kappa shape index (κ2) is 7.68.